The second-order valence-corrected chi connectivity index (χ2v) is 8.39. The molecule has 3 rings (SSSR count). The first-order chi connectivity index (χ1) is 12.9. The van der Waals surface area contributed by atoms with Gasteiger partial charge >= 0.3 is 0 Å². The molecular formula is C23H29N3O. The Morgan fingerprint density at radius 1 is 1.22 bits per heavy atom. The zero-order valence-corrected chi connectivity index (χ0v) is 16.6. The van der Waals surface area contributed by atoms with Gasteiger partial charge in [-0.15, -0.1) is 0 Å². The number of aryl methyl sites for hydroxylation is 2. The quantitative estimate of drug-likeness (QED) is 0.848. The van der Waals surface area contributed by atoms with Gasteiger partial charge in [0.15, 0.2) is 0 Å². The van der Waals surface area contributed by atoms with E-state index < -0.39 is 0 Å². The van der Waals surface area contributed by atoms with Gasteiger partial charge in [0, 0.05) is 36.0 Å². The van der Waals surface area contributed by atoms with Crippen molar-refractivity contribution in [3.8, 4) is 6.07 Å². The fraction of sp³-hybridized carbons (Fsp3) is 0.478. The Morgan fingerprint density at radius 3 is 2.56 bits per heavy atom. The van der Waals surface area contributed by atoms with E-state index in [1.54, 1.807) is 0 Å². The number of benzene rings is 1. The molecule has 1 aromatic heterocycles. The van der Waals surface area contributed by atoms with Gasteiger partial charge < -0.3 is 5.11 Å². The van der Waals surface area contributed by atoms with Gasteiger partial charge in [-0.2, -0.15) is 5.26 Å². The number of nitriles is 1. The van der Waals surface area contributed by atoms with Crippen LogP contribution in [-0.4, -0.2) is 34.7 Å². The van der Waals surface area contributed by atoms with Crippen molar-refractivity contribution in [3.05, 3.63) is 65.0 Å². The van der Waals surface area contributed by atoms with Gasteiger partial charge in [-0.1, -0.05) is 18.2 Å². The van der Waals surface area contributed by atoms with Crippen LogP contribution in [0.4, 0.5) is 0 Å². The zero-order chi connectivity index (χ0) is 19.5. The minimum Gasteiger partial charge on any atom is -0.396 e. The van der Waals surface area contributed by atoms with E-state index in [0.29, 0.717) is 5.56 Å². The minimum absolute atomic E-state index is 0.0662. The highest BCUT2D eigenvalue weighted by Crippen LogP contribution is 2.41. The van der Waals surface area contributed by atoms with Gasteiger partial charge in [0.1, 0.15) is 0 Å². The maximum Gasteiger partial charge on any atom is 0.0991 e. The second-order valence-electron chi connectivity index (χ2n) is 8.39. The Kier molecular flexibility index (Phi) is 5.64. The van der Waals surface area contributed by atoms with Crippen molar-refractivity contribution in [2.75, 3.05) is 19.7 Å². The molecule has 2 aromatic rings. The lowest BCUT2D eigenvalue weighted by Gasteiger charge is -2.37. The van der Waals surface area contributed by atoms with Crippen molar-refractivity contribution in [1.29, 1.82) is 5.26 Å². The second kappa shape index (κ2) is 7.80. The van der Waals surface area contributed by atoms with Crippen molar-refractivity contribution in [2.45, 2.75) is 45.6 Å². The summed E-state index contributed by atoms with van der Waals surface area (Å²) in [7, 11) is 0. The Labute approximate surface area is 162 Å². The summed E-state index contributed by atoms with van der Waals surface area (Å²) in [6.07, 6.45) is 4.86. The predicted octanol–water partition coefficient (Wildman–Crippen LogP) is 3.81. The highest BCUT2D eigenvalue weighted by atomic mass is 16.3. The number of hydrogen-bond donors (Lipinski definition) is 1. The topological polar surface area (TPSA) is 60.1 Å². The molecule has 0 radical (unpaired) electrons. The number of aromatic nitrogens is 1. The van der Waals surface area contributed by atoms with Crippen molar-refractivity contribution >= 4 is 0 Å². The van der Waals surface area contributed by atoms with E-state index in [1.165, 1.54) is 11.1 Å². The van der Waals surface area contributed by atoms with Crippen LogP contribution in [0.25, 0.3) is 0 Å². The molecule has 1 saturated heterocycles. The van der Waals surface area contributed by atoms with Gasteiger partial charge in [0.2, 0.25) is 0 Å². The average Bonchev–Trinajstić information content (AvgIpc) is 3.13. The van der Waals surface area contributed by atoms with Crippen LogP contribution in [0.1, 0.15) is 49.1 Å². The summed E-state index contributed by atoms with van der Waals surface area (Å²) in [5.74, 6) is 0. The third-order valence-corrected chi connectivity index (χ3v) is 6.21. The lowest BCUT2D eigenvalue weighted by atomic mass is 9.81. The first-order valence-electron chi connectivity index (χ1n) is 9.67. The summed E-state index contributed by atoms with van der Waals surface area (Å²) in [6, 6.07) is 14.2. The maximum atomic E-state index is 10.2. The average molecular weight is 364 g/mol. The van der Waals surface area contributed by atoms with E-state index in [2.05, 4.69) is 41.9 Å². The molecule has 142 valence electrons. The molecule has 1 aromatic carbocycles. The van der Waals surface area contributed by atoms with E-state index in [1.807, 2.05) is 37.4 Å². The number of aliphatic hydroxyl groups is 1. The molecule has 4 nitrogen and oxygen atoms in total. The number of aliphatic hydroxyl groups excluding tert-OH is 1. The fourth-order valence-electron chi connectivity index (χ4n) is 3.99. The fourth-order valence-corrected chi connectivity index (χ4v) is 3.99. The van der Waals surface area contributed by atoms with Crippen LogP contribution in [0.5, 0.6) is 0 Å². The van der Waals surface area contributed by atoms with Crippen molar-refractivity contribution in [2.24, 2.45) is 5.41 Å². The largest absolute Gasteiger partial charge is 0.396 e. The predicted molar refractivity (Wildman–Crippen MR) is 107 cm³/mol. The Balaban J connectivity index is 1.68. The first-order valence-corrected chi connectivity index (χ1v) is 9.67. The molecule has 2 heterocycles. The van der Waals surface area contributed by atoms with Gasteiger partial charge in [0.25, 0.3) is 0 Å². The summed E-state index contributed by atoms with van der Waals surface area (Å²) < 4.78 is 0. The molecule has 0 unspecified atom stereocenters. The Morgan fingerprint density at radius 2 is 1.96 bits per heavy atom. The first kappa shape index (κ1) is 19.5. The lowest BCUT2D eigenvalue weighted by molar-refractivity contribution is 0.0870. The van der Waals surface area contributed by atoms with Crippen molar-refractivity contribution < 1.29 is 5.11 Å². The van der Waals surface area contributed by atoms with Gasteiger partial charge in [-0.05, 0) is 75.9 Å². The van der Waals surface area contributed by atoms with Crippen LogP contribution in [-0.2, 0) is 12.0 Å². The van der Waals surface area contributed by atoms with Gasteiger partial charge in [-0.3, -0.25) is 9.88 Å². The Bertz CT molecular complexity index is 805. The molecule has 1 fully saturated rings. The van der Waals surface area contributed by atoms with E-state index in [0.717, 1.165) is 38.0 Å². The molecule has 1 aliphatic rings. The molecular weight excluding hydrogens is 334 g/mol. The SMILES string of the molecule is Cc1ccc(C(C)(C)N2CC[C@](CO)(CCc3ccc(C#N)cc3)C2)cn1. The van der Waals surface area contributed by atoms with Crippen LogP contribution in [0, 0.1) is 23.7 Å². The van der Waals surface area contributed by atoms with E-state index in [-0.39, 0.29) is 17.6 Å². The van der Waals surface area contributed by atoms with Gasteiger partial charge in [-0.25, -0.2) is 0 Å². The summed E-state index contributed by atoms with van der Waals surface area (Å²) in [6.45, 7) is 8.57. The number of rotatable bonds is 6. The van der Waals surface area contributed by atoms with Crippen molar-refractivity contribution in [1.82, 2.24) is 9.88 Å². The highest BCUT2D eigenvalue weighted by molar-refractivity contribution is 5.31. The molecule has 0 spiro atoms. The molecule has 1 aliphatic heterocycles. The molecule has 0 bridgehead atoms. The summed E-state index contributed by atoms with van der Waals surface area (Å²) in [5.41, 5.74) is 3.99. The maximum absolute atomic E-state index is 10.2. The third-order valence-electron chi connectivity index (χ3n) is 6.21. The lowest BCUT2D eigenvalue weighted by Crippen LogP contribution is -2.42. The third kappa shape index (κ3) is 4.21. The minimum atomic E-state index is -0.105. The molecule has 0 saturated carbocycles. The number of pyridine rings is 1. The molecule has 1 atom stereocenters. The zero-order valence-electron chi connectivity index (χ0n) is 16.6. The Hall–Kier alpha value is -2.22. The molecule has 27 heavy (non-hydrogen) atoms. The number of hydrogen-bond acceptors (Lipinski definition) is 4. The van der Waals surface area contributed by atoms with E-state index in [4.69, 9.17) is 5.26 Å². The highest BCUT2D eigenvalue weighted by Gasteiger charge is 2.43. The smallest absolute Gasteiger partial charge is 0.0991 e. The van der Waals surface area contributed by atoms with Gasteiger partial charge in [0.05, 0.1) is 11.6 Å². The van der Waals surface area contributed by atoms with Crippen LogP contribution in [0.2, 0.25) is 0 Å². The molecule has 0 aliphatic carbocycles. The van der Waals surface area contributed by atoms with Crippen LogP contribution >= 0.6 is 0 Å². The molecule has 0 amide bonds. The monoisotopic (exact) mass is 363 g/mol. The standard InChI is InChI=1S/C23H29N3O/c1-18-4-9-21(15-25-18)22(2,3)26-13-12-23(16-26,17-27)11-10-19-5-7-20(14-24)8-6-19/h4-9,15,27H,10-13,16-17H2,1-3H3/t23-/m1/s1. The molecule has 4 heteroatoms. The summed E-state index contributed by atoms with van der Waals surface area (Å²) in [4.78, 5) is 6.94. The van der Waals surface area contributed by atoms with Crippen LogP contribution < -0.4 is 0 Å². The summed E-state index contributed by atoms with van der Waals surface area (Å²) in [5, 5.41) is 19.1. The normalized spacial score (nSPS) is 20.6. The van der Waals surface area contributed by atoms with Crippen molar-refractivity contribution in [3.63, 3.8) is 0 Å². The van der Waals surface area contributed by atoms with E-state index >= 15 is 0 Å². The number of likely N-dealkylation sites (tertiary alicyclic amines) is 1. The van der Waals surface area contributed by atoms with E-state index in [9.17, 15) is 5.11 Å². The summed E-state index contributed by atoms with van der Waals surface area (Å²) >= 11 is 0. The van der Waals surface area contributed by atoms with Crippen LogP contribution in [0.3, 0.4) is 0 Å². The van der Waals surface area contributed by atoms with Crippen LogP contribution in [0.15, 0.2) is 42.6 Å². The number of nitrogens with zero attached hydrogens (tertiary/aromatic N) is 3. The molecule has 1 N–H and O–H groups in total.